The molecule has 2 rings (SSSR count). The van der Waals surface area contributed by atoms with Crippen molar-refractivity contribution in [2.45, 2.75) is 108 Å². The fraction of sp³-hybridized carbons (Fsp3) is 0.900. The summed E-state index contributed by atoms with van der Waals surface area (Å²) >= 11 is 0. The Hall–Kier alpha value is -0.670. The van der Waals surface area contributed by atoms with Crippen LogP contribution in [0.5, 0.6) is 0 Å². The lowest BCUT2D eigenvalue weighted by atomic mass is 9.72. The maximum absolute atomic E-state index is 13.4. The van der Waals surface area contributed by atoms with Gasteiger partial charge in [-0.1, -0.05) is 20.4 Å². The molecule has 5 nitrogen and oxygen atoms in total. The minimum absolute atomic E-state index is 0.128. The van der Waals surface area contributed by atoms with Crippen molar-refractivity contribution >= 4 is 0 Å². The molecule has 28 heavy (non-hydrogen) atoms. The zero-order valence-corrected chi connectivity index (χ0v) is 17.3. The predicted octanol–water partition coefficient (Wildman–Crippen LogP) is 3.72. The summed E-state index contributed by atoms with van der Waals surface area (Å²) in [5.74, 6) is -0.128. The molecule has 2 bridgehead atoms. The Labute approximate surface area is 164 Å². The van der Waals surface area contributed by atoms with Crippen molar-refractivity contribution in [2.24, 2.45) is 5.92 Å². The largest absolute Gasteiger partial charge is 0.419 e. The lowest BCUT2D eigenvalue weighted by molar-refractivity contribution is -0.335. The van der Waals surface area contributed by atoms with Crippen LogP contribution in [0.1, 0.15) is 60.3 Å². The van der Waals surface area contributed by atoms with E-state index in [1.165, 1.54) is 19.9 Å². The van der Waals surface area contributed by atoms with Crippen LogP contribution in [0, 0.1) is 5.92 Å². The third-order valence-corrected chi connectivity index (χ3v) is 6.74. The van der Waals surface area contributed by atoms with Crippen molar-refractivity contribution in [3.8, 4) is 0 Å². The van der Waals surface area contributed by atoms with Gasteiger partial charge in [-0.05, 0) is 46.1 Å². The van der Waals surface area contributed by atoms with Crippen LogP contribution in [0.3, 0.4) is 0 Å². The van der Waals surface area contributed by atoms with Gasteiger partial charge in [0.05, 0.1) is 23.9 Å². The Morgan fingerprint density at radius 3 is 2.11 bits per heavy atom. The molecule has 0 saturated carbocycles. The second kappa shape index (κ2) is 7.87. The first-order chi connectivity index (χ1) is 12.7. The van der Waals surface area contributed by atoms with Crippen LogP contribution >= 0.6 is 0 Å². The van der Waals surface area contributed by atoms with E-state index < -0.39 is 29.3 Å². The fourth-order valence-corrected chi connectivity index (χ4v) is 4.49. The number of fused-ring (bicyclic) bond motifs is 2. The van der Waals surface area contributed by atoms with Crippen molar-refractivity contribution in [3.05, 3.63) is 12.7 Å². The summed E-state index contributed by atoms with van der Waals surface area (Å²) < 4.78 is 58.0. The van der Waals surface area contributed by atoms with Gasteiger partial charge < -0.3 is 24.4 Å². The third-order valence-electron chi connectivity index (χ3n) is 6.74. The van der Waals surface area contributed by atoms with Crippen molar-refractivity contribution < 1.29 is 37.6 Å². The average molecular weight is 410 g/mol. The quantitative estimate of drug-likeness (QED) is 0.448. The molecular formula is C20H33F3O5. The topological polar surface area (TPSA) is 68.2 Å². The Morgan fingerprint density at radius 1 is 1.14 bits per heavy atom. The van der Waals surface area contributed by atoms with Gasteiger partial charge in [0.1, 0.15) is 5.60 Å². The molecule has 0 aromatic carbocycles. The number of aliphatic hydroxyl groups excluding tert-OH is 1. The van der Waals surface area contributed by atoms with E-state index in [4.69, 9.17) is 14.2 Å². The van der Waals surface area contributed by atoms with Gasteiger partial charge in [0.2, 0.25) is 0 Å². The van der Waals surface area contributed by atoms with Crippen molar-refractivity contribution in [2.75, 3.05) is 0 Å². The van der Waals surface area contributed by atoms with E-state index >= 15 is 0 Å². The van der Waals surface area contributed by atoms with Crippen molar-refractivity contribution in [3.63, 3.8) is 0 Å². The molecule has 0 amide bonds. The highest BCUT2D eigenvalue weighted by molar-refractivity contribution is 5.07. The maximum atomic E-state index is 13.4. The lowest BCUT2D eigenvalue weighted by Gasteiger charge is -2.50. The molecule has 6 atom stereocenters. The zero-order chi connectivity index (χ0) is 21.5. The molecule has 164 valence electrons. The fourth-order valence-electron chi connectivity index (χ4n) is 4.49. The normalized spacial score (nSPS) is 31.6. The molecule has 2 heterocycles. The van der Waals surface area contributed by atoms with E-state index in [1.54, 1.807) is 0 Å². The molecule has 0 aromatic rings. The minimum Gasteiger partial charge on any atom is -0.378 e. The first-order valence-electron chi connectivity index (χ1n) is 9.85. The Balaban J connectivity index is 2.21. The highest BCUT2D eigenvalue weighted by Gasteiger charge is 2.63. The SMILES string of the molecule is C=CC(O)OC1CC2OC1CC2C(CC)(CC)OC(C)(C)C(C)(O)C(F)(F)F. The van der Waals surface area contributed by atoms with Gasteiger partial charge in [-0.2, -0.15) is 13.2 Å². The summed E-state index contributed by atoms with van der Waals surface area (Å²) in [6, 6.07) is 0. The first-order valence-corrected chi connectivity index (χ1v) is 9.85. The molecule has 0 radical (unpaired) electrons. The number of alkyl halides is 3. The van der Waals surface area contributed by atoms with Crippen LogP contribution in [0.4, 0.5) is 13.2 Å². The van der Waals surface area contributed by atoms with E-state index in [0.717, 1.165) is 6.92 Å². The number of hydrogen-bond donors (Lipinski definition) is 2. The molecule has 6 unspecified atom stereocenters. The second-order valence-corrected chi connectivity index (χ2v) is 8.55. The van der Waals surface area contributed by atoms with E-state index in [1.807, 2.05) is 13.8 Å². The van der Waals surface area contributed by atoms with E-state index in [2.05, 4.69) is 6.58 Å². The third kappa shape index (κ3) is 3.99. The molecule has 0 aromatic heterocycles. The minimum atomic E-state index is -4.82. The van der Waals surface area contributed by atoms with E-state index in [0.29, 0.717) is 25.7 Å². The molecule has 2 aliphatic rings. The summed E-state index contributed by atoms with van der Waals surface area (Å²) in [5.41, 5.74) is -5.73. The number of ether oxygens (including phenoxy) is 3. The van der Waals surface area contributed by atoms with Crippen LogP contribution in [0.2, 0.25) is 0 Å². The van der Waals surface area contributed by atoms with Crippen LogP contribution in [-0.4, -0.2) is 57.8 Å². The molecule has 8 heteroatoms. The van der Waals surface area contributed by atoms with Gasteiger partial charge in [-0.15, -0.1) is 0 Å². The number of halogens is 3. The highest BCUT2D eigenvalue weighted by Crippen LogP contribution is 2.52. The van der Waals surface area contributed by atoms with Crippen LogP contribution < -0.4 is 0 Å². The Kier molecular flexibility index (Phi) is 6.64. The maximum Gasteiger partial charge on any atom is 0.419 e. The zero-order valence-electron chi connectivity index (χ0n) is 17.3. The standard InChI is InChI=1S/C20H33F3O5/c1-7-16(24)27-15-11-13-12(10-14(15)26-13)19(8-2,9-3)28-17(4,5)18(6,25)20(21,22)23/h7,12-16,24-25H,1,8-11H2,2-6H3. The summed E-state index contributed by atoms with van der Waals surface area (Å²) in [6.45, 7) is 10.5. The molecule has 2 aliphatic heterocycles. The second-order valence-electron chi connectivity index (χ2n) is 8.55. The number of rotatable bonds is 9. The lowest BCUT2D eigenvalue weighted by Crippen LogP contribution is -2.63. The van der Waals surface area contributed by atoms with Gasteiger partial charge in [0.25, 0.3) is 0 Å². The molecule has 0 spiro atoms. The summed E-state index contributed by atoms with van der Waals surface area (Å²) in [6.07, 6.45) is -3.33. The predicted molar refractivity (Wildman–Crippen MR) is 97.6 cm³/mol. The Morgan fingerprint density at radius 2 is 1.71 bits per heavy atom. The van der Waals surface area contributed by atoms with Crippen molar-refractivity contribution in [1.82, 2.24) is 0 Å². The Bertz CT molecular complexity index is 557. The molecule has 0 aliphatic carbocycles. The van der Waals surface area contributed by atoms with Crippen molar-refractivity contribution in [1.29, 1.82) is 0 Å². The monoisotopic (exact) mass is 410 g/mol. The molecule has 2 saturated heterocycles. The van der Waals surface area contributed by atoms with Crippen LogP contribution in [0.25, 0.3) is 0 Å². The molecular weight excluding hydrogens is 377 g/mol. The van der Waals surface area contributed by atoms with Crippen LogP contribution in [-0.2, 0) is 14.2 Å². The summed E-state index contributed by atoms with van der Waals surface area (Å²) in [5, 5.41) is 19.9. The number of aliphatic hydroxyl groups is 2. The van der Waals surface area contributed by atoms with Gasteiger partial charge in [-0.25, -0.2) is 0 Å². The van der Waals surface area contributed by atoms with Gasteiger partial charge >= 0.3 is 6.18 Å². The summed E-state index contributed by atoms with van der Waals surface area (Å²) in [7, 11) is 0. The first kappa shape index (κ1) is 23.6. The van der Waals surface area contributed by atoms with Gasteiger partial charge in [-0.3, -0.25) is 0 Å². The molecule has 2 N–H and O–H groups in total. The van der Waals surface area contributed by atoms with E-state index in [-0.39, 0.29) is 24.2 Å². The smallest absolute Gasteiger partial charge is 0.378 e. The van der Waals surface area contributed by atoms with Gasteiger partial charge in [0.15, 0.2) is 11.9 Å². The summed E-state index contributed by atoms with van der Waals surface area (Å²) in [4.78, 5) is 0. The molecule has 2 fully saturated rings. The van der Waals surface area contributed by atoms with Gasteiger partial charge in [0, 0.05) is 12.3 Å². The van der Waals surface area contributed by atoms with Crippen LogP contribution in [0.15, 0.2) is 12.7 Å². The number of hydrogen-bond acceptors (Lipinski definition) is 5. The average Bonchev–Trinajstić information content (AvgIpc) is 3.19. The highest BCUT2D eigenvalue weighted by atomic mass is 19.4. The van der Waals surface area contributed by atoms with E-state index in [9.17, 15) is 23.4 Å².